The molecule has 0 aromatic carbocycles. The molecule has 1 unspecified atom stereocenters. The Morgan fingerprint density at radius 3 is 2.63 bits per heavy atom. The molecule has 0 aliphatic carbocycles. The predicted molar refractivity (Wildman–Crippen MR) is 77.1 cm³/mol. The van der Waals surface area contributed by atoms with E-state index in [9.17, 15) is 0 Å². The lowest BCUT2D eigenvalue weighted by molar-refractivity contribution is 0.146. The maximum atomic E-state index is 5.81. The van der Waals surface area contributed by atoms with Crippen LogP contribution < -0.4 is 5.73 Å². The molecule has 1 aliphatic rings. The Balaban J connectivity index is 1.84. The Morgan fingerprint density at radius 1 is 1.37 bits per heavy atom. The third-order valence-corrected chi connectivity index (χ3v) is 4.25. The summed E-state index contributed by atoms with van der Waals surface area (Å²) < 4.78 is 5.81. The van der Waals surface area contributed by atoms with Gasteiger partial charge in [-0.1, -0.05) is 6.92 Å². The minimum absolute atomic E-state index is 0.268. The van der Waals surface area contributed by atoms with Gasteiger partial charge in [0.25, 0.3) is 0 Å². The summed E-state index contributed by atoms with van der Waals surface area (Å²) in [5.41, 5.74) is 5.65. The molecule has 1 aromatic rings. The fraction of sp³-hybridized carbons (Fsp3) is 0.800. The minimum Gasteiger partial charge on any atom is -0.445 e. The third kappa shape index (κ3) is 3.80. The lowest BCUT2D eigenvalue weighted by Crippen LogP contribution is -2.38. The van der Waals surface area contributed by atoms with Crippen LogP contribution in [0.3, 0.4) is 0 Å². The van der Waals surface area contributed by atoms with Gasteiger partial charge in [0.2, 0.25) is 0 Å². The molecule has 0 spiro atoms. The second-order valence-electron chi connectivity index (χ2n) is 6.07. The van der Waals surface area contributed by atoms with Crippen LogP contribution in [0.15, 0.2) is 10.6 Å². The molecular formula is C15H27N3O. The molecular weight excluding hydrogens is 238 g/mol. The van der Waals surface area contributed by atoms with Gasteiger partial charge in [0, 0.05) is 24.9 Å². The third-order valence-electron chi connectivity index (χ3n) is 4.25. The fourth-order valence-electron chi connectivity index (χ4n) is 2.68. The van der Waals surface area contributed by atoms with E-state index in [4.69, 9.17) is 10.2 Å². The molecule has 2 N–H and O–H groups in total. The molecule has 1 aromatic heterocycles. The summed E-state index contributed by atoms with van der Waals surface area (Å²) in [5, 5.41) is 0. The van der Waals surface area contributed by atoms with Crippen molar-refractivity contribution in [2.45, 2.75) is 52.0 Å². The van der Waals surface area contributed by atoms with Crippen LogP contribution in [-0.2, 0) is 6.42 Å². The smallest absolute Gasteiger partial charge is 0.194 e. The van der Waals surface area contributed by atoms with Crippen molar-refractivity contribution in [2.24, 2.45) is 11.7 Å². The van der Waals surface area contributed by atoms with Crippen LogP contribution in [0.5, 0.6) is 0 Å². The molecule has 0 saturated carbocycles. The molecule has 0 amide bonds. The maximum absolute atomic E-state index is 5.81. The highest BCUT2D eigenvalue weighted by molar-refractivity contribution is 5.01. The van der Waals surface area contributed by atoms with Crippen LogP contribution >= 0.6 is 0 Å². The normalized spacial score (nSPS) is 20.1. The first-order valence-corrected chi connectivity index (χ1v) is 7.48. The van der Waals surface area contributed by atoms with Crippen molar-refractivity contribution >= 4 is 0 Å². The highest BCUT2D eigenvalue weighted by Gasteiger charge is 2.22. The Bertz CT molecular complexity index is 380. The van der Waals surface area contributed by atoms with Gasteiger partial charge >= 0.3 is 0 Å². The van der Waals surface area contributed by atoms with Crippen molar-refractivity contribution in [3.8, 4) is 0 Å². The number of likely N-dealkylation sites (tertiary alicyclic amines) is 1. The van der Waals surface area contributed by atoms with E-state index in [-0.39, 0.29) is 5.92 Å². The number of rotatable bonds is 5. The van der Waals surface area contributed by atoms with Gasteiger partial charge in [-0.15, -0.1) is 0 Å². The lowest BCUT2D eigenvalue weighted by atomic mass is 9.93. The quantitative estimate of drug-likeness (QED) is 0.888. The first-order chi connectivity index (χ1) is 9.10. The Kier molecular flexibility index (Phi) is 4.99. The van der Waals surface area contributed by atoms with Crippen molar-refractivity contribution < 1.29 is 4.42 Å². The molecule has 0 radical (unpaired) electrons. The van der Waals surface area contributed by atoms with Gasteiger partial charge in [0.05, 0.1) is 6.20 Å². The zero-order valence-corrected chi connectivity index (χ0v) is 12.4. The number of hydrogen-bond donors (Lipinski definition) is 1. The van der Waals surface area contributed by atoms with Crippen LogP contribution in [0.25, 0.3) is 0 Å². The second-order valence-corrected chi connectivity index (χ2v) is 6.07. The molecule has 19 heavy (non-hydrogen) atoms. The Hall–Kier alpha value is -0.870. The molecule has 4 nitrogen and oxygen atoms in total. The van der Waals surface area contributed by atoms with E-state index in [1.807, 2.05) is 6.20 Å². The lowest BCUT2D eigenvalue weighted by Gasteiger charge is -2.34. The molecule has 2 rings (SSSR count). The van der Waals surface area contributed by atoms with E-state index >= 15 is 0 Å². The molecule has 1 saturated heterocycles. The molecule has 1 aliphatic heterocycles. The van der Waals surface area contributed by atoms with Crippen molar-refractivity contribution in [2.75, 3.05) is 19.6 Å². The number of nitrogens with two attached hydrogens (primary N) is 1. The Labute approximate surface area is 116 Å². The highest BCUT2D eigenvalue weighted by atomic mass is 16.4. The molecule has 2 heterocycles. The van der Waals surface area contributed by atoms with Gasteiger partial charge in [-0.25, -0.2) is 4.98 Å². The monoisotopic (exact) mass is 265 g/mol. The van der Waals surface area contributed by atoms with E-state index in [1.54, 1.807) is 0 Å². The van der Waals surface area contributed by atoms with Crippen LogP contribution in [0.1, 0.15) is 51.2 Å². The zero-order chi connectivity index (χ0) is 13.8. The van der Waals surface area contributed by atoms with E-state index in [0.717, 1.165) is 24.0 Å². The summed E-state index contributed by atoms with van der Waals surface area (Å²) in [7, 11) is 0. The van der Waals surface area contributed by atoms with E-state index in [1.165, 1.54) is 25.9 Å². The SMILES string of the molecule is CC(CN)c1cnc(CC2CCN(C(C)C)CC2)o1. The summed E-state index contributed by atoms with van der Waals surface area (Å²) in [6.07, 6.45) is 5.32. The zero-order valence-electron chi connectivity index (χ0n) is 12.4. The van der Waals surface area contributed by atoms with Crippen LogP contribution in [0, 0.1) is 5.92 Å². The molecule has 4 heteroatoms. The van der Waals surface area contributed by atoms with Crippen molar-refractivity contribution in [3.05, 3.63) is 17.8 Å². The number of aromatic nitrogens is 1. The molecule has 108 valence electrons. The van der Waals surface area contributed by atoms with Gasteiger partial charge in [-0.3, -0.25) is 0 Å². The first kappa shape index (κ1) is 14.5. The van der Waals surface area contributed by atoms with Crippen LogP contribution in [0.4, 0.5) is 0 Å². The van der Waals surface area contributed by atoms with Gasteiger partial charge in [-0.2, -0.15) is 0 Å². The van der Waals surface area contributed by atoms with Crippen molar-refractivity contribution in [3.63, 3.8) is 0 Å². The van der Waals surface area contributed by atoms with Gasteiger partial charge in [0.1, 0.15) is 5.76 Å². The largest absolute Gasteiger partial charge is 0.445 e. The van der Waals surface area contributed by atoms with Gasteiger partial charge in [0.15, 0.2) is 5.89 Å². The fourth-order valence-corrected chi connectivity index (χ4v) is 2.68. The highest BCUT2D eigenvalue weighted by Crippen LogP contribution is 2.24. The van der Waals surface area contributed by atoms with Crippen molar-refractivity contribution in [1.82, 2.24) is 9.88 Å². The van der Waals surface area contributed by atoms with Crippen LogP contribution in [-0.4, -0.2) is 35.6 Å². The number of hydrogen-bond acceptors (Lipinski definition) is 4. The summed E-state index contributed by atoms with van der Waals surface area (Å²) >= 11 is 0. The molecule has 1 fully saturated rings. The number of nitrogens with zero attached hydrogens (tertiary/aromatic N) is 2. The van der Waals surface area contributed by atoms with E-state index < -0.39 is 0 Å². The molecule has 1 atom stereocenters. The van der Waals surface area contributed by atoms with E-state index in [0.29, 0.717) is 12.6 Å². The topological polar surface area (TPSA) is 55.3 Å². The summed E-state index contributed by atoms with van der Waals surface area (Å²) in [6.45, 7) is 9.64. The second kappa shape index (κ2) is 6.53. The average Bonchev–Trinajstić information content (AvgIpc) is 2.87. The number of piperidine rings is 1. The maximum Gasteiger partial charge on any atom is 0.194 e. The molecule has 0 bridgehead atoms. The first-order valence-electron chi connectivity index (χ1n) is 7.48. The average molecular weight is 265 g/mol. The Morgan fingerprint density at radius 2 is 2.05 bits per heavy atom. The number of oxazole rings is 1. The summed E-state index contributed by atoms with van der Waals surface area (Å²) in [4.78, 5) is 6.95. The summed E-state index contributed by atoms with van der Waals surface area (Å²) in [6, 6.07) is 0.666. The van der Waals surface area contributed by atoms with Crippen LogP contribution in [0.2, 0.25) is 0 Å². The summed E-state index contributed by atoms with van der Waals surface area (Å²) in [5.74, 6) is 2.80. The predicted octanol–water partition coefficient (Wildman–Crippen LogP) is 2.40. The van der Waals surface area contributed by atoms with Crippen molar-refractivity contribution in [1.29, 1.82) is 0 Å². The standard InChI is InChI=1S/C15H27N3O/c1-11(2)18-6-4-13(5-7-18)8-15-17-10-14(19-15)12(3)9-16/h10-13H,4-9,16H2,1-3H3. The minimum atomic E-state index is 0.268. The van der Waals surface area contributed by atoms with Gasteiger partial charge in [-0.05, 0) is 45.7 Å². The van der Waals surface area contributed by atoms with Gasteiger partial charge < -0.3 is 15.1 Å². The van der Waals surface area contributed by atoms with E-state index in [2.05, 4.69) is 30.7 Å².